The molecule has 0 saturated carbocycles. The van der Waals surface area contributed by atoms with Crippen molar-refractivity contribution in [2.24, 2.45) is 0 Å². The molecule has 0 bridgehead atoms. The van der Waals surface area contributed by atoms with Crippen LogP contribution in [0.25, 0.3) is 33.2 Å². The number of para-hydroxylation sites is 2. The molecule has 86 valence electrons. The lowest BCUT2D eigenvalue weighted by Crippen LogP contribution is -1.88. The van der Waals surface area contributed by atoms with Crippen LogP contribution in [0, 0.1) is 0 Å². The Bertz CT molecular complexity index is 848. The minimum Gasteiger partial charge on any atom is -0.339 e. The van der Waals surface area contributed by atoms with Gasteiger partial charge in [-0.25, -0.2) is 4.98 Å². The van der Waals surface area contributed by atoms with Crippen molar-refractivity contribution in [2.75, 3.05) is 0 Å². The summed E-state index contributed by atoms with van der Waals surface area (Å²) in [5.74, 6) is 0.847. The van der Waals surface area contributed by atoms with E-state index in [1.54, 1.807) is 0 Å². The fraction of sp³-hybridized carbons (Fsp3) is 0. The predicted molar refractivity (Wildman–Crippen MR) is 75.2 cm³/mol. The molecule has 0 radical (unpaired) electrons. The van der Waals surface area contributed by atoms with Crippen molar-refractivity contribution in [3.05, 3.63) is 53.6 Å². The number of nitrogens with zero attached hydrogens (tertiary/aromatic N) is 1. The molecule has 2 aromatic carbocycles. The van der Waals surface area contributed by atoms with E-state index >= 15 is 0 Å². The van der Waals surface area contributed by atoms with Gasteiger partial charge in [0.05, 0.1) is 10.5 Å². The largest absolute Gasteiger partial charge is 0.339 e. The van der Waals surface area contributed by atoms with Crippen LogP contribution in [0.2, 0.25) is 5.02 Å². The maximum Gasteiger partial charge on any atom is 0.140 e. The van der Waals surface area contributed by atoms with Crippen LogP contribution >= 0.6 is 11.6 Å². The maximum absolute atomic E-state index is 6.53. The van der Waals surface area contributed by atoms with Gasteiger partial charge in [-0.15, -0.1) is 0 Å². The van der Waals surface area contributed by atoms with Gasteiger partial charge in [0.1, 0.15) is 5.82 Å². The highest BCUT2D eigenvalue weighted by atomic mass is 35.5. The van der Waals surface area contributed by atoms with Crippen LogP contribution in [0.1, 0.15) is 0 Å². The van der Waals surface area contributed by atoms with Gasteiger partial charge in [0.25, 0.3) is 0 Å². The van der Waals surface area contributed by atoms with Crippen molar-refractivity contribution in [3.63, 3.8) is 0 Å². The van der Waals surface area contributed by atoms with Crippen LogP contribution < -0.4 is 0 Å². The normalized spacial score (nSPS) is 11.6. The molecule has 0 unspecified atom stereocenters. The summed E-state index contributed by atoms with van der Waals surface area (Å²) in [6, 6.07) is 16.1. The molecule has 0 saturated heterocycles. The molecule has 0 spiro atoms. The van der Waals surface area contributed by atoms with Crippen LogP contribution in [0.4, 0.5) is 0 Å². The van der Waals surface area contributed by atoms with Gasteiger partial charge in [-0.1, -0.05) is 48.0 Å². The third-order valence-electron chi connectivity index (χ3n) is 3.28. The highest BCUT2D eigenvalue weighted by Crippen LogP contribution is 2.39. The minimum absolute atomic E-state index is 0.771. The van der Waals surface area contributed by atoms with Gasteiger partial charge >= 0.3 is 0 Å². The number of pyridine rings is 1. The molecule has 2 heterocycles. The molecule has 0 aliphatic carbocycles. The van der Waals surface area contributed by atoms with Crippen molar-refractivity contribution in [3.8, 4) is 11.4 Å². The molecule has 0 amide bonds. The Hall–Kier alpha value is -2.06. The van der Waals surface area contributed by atoms with E-state index in [0.29, 0.717) is 0 Å². The van der Waals surface area contributed by atoms with Gasteiger partial charge in [-0.3, -0.25) is 0 Å². The third kappa shape index (κ3) is 1.21. The summed E-state index contributed by atoms with van der Waals surface area (Å²) in [5, 5.41) is 2.90. The summed E-state index contributed by atoms with van der Waals surface area (Å²) in [4.78, 5) is 7.93. The SMILES string of the molecule is Clc1c2c3ccccc3nc-2[nH]c2ccccc12. The minimum atomic E-state index is 0.771. The van der Waals surface area contributed by atoms with Crippen molar-refractivity contribution in [1.82, 2.24) is 9.97 Å². The van der Waals surface area contributed by atoms with Crippen molar-refractivity contribution in [2.45, 2.75) is 0 Å². The second-order valence-corrected chi connectivity index (χ2v) is 4.72. The van der Waals surface area contributed by atoms with Crippen molar-refractivity contribution in [1.29, 1.82) is 0 Å². The van der Waals surface area contributed by atoms with Gasteiger partial charge < -0.3 is 4.98 Å². The molecule has 3 heteroatoms. The van der Waals surface area contributed by atoms with Crippen LogP contribution in [0.5, 0.6) is 0 Å². The van der Waals surface area contributed by atoms with Gasteiger partial charge in [-0.05, 0) is 12.1 Å². The molecule has 0 aromatic heterocycles. The average Bonchev–Trinajstić information content (AvgIpc) is 2.77. The Morgan fingerprint density at radius 2 is 1.61 bits per heavy atom. The van der Waals surface area contributed by atoms with Crippen LogP contribution in [0.3, 0.4) is 0 Å². The lowest BCUT2D eigenvalue weighted by atomic mass is 10.1. The molecule has 2 aromatic rings. The van der Waals surface area contributed by atoms with Gasteiger partial charge in [0.2, 0.25) is 0 Å². The lowest BCUT2D eigenvalue weighted by molar-refractivity contribution is 1.30. The van der Waals surface area contributed by atoms with E-state index in [9.17, 15) is 0 Å². The number of rotatable bonds is 0. The molecule has 1 N–H and O–H groups in total. The predicted octanol–water partition coefficient (Wildman–Crippen LogP) is 4.47. The van der Waals surface area contributed by atoms with E-state index < -0.39 is 0 Å². The first-order valence-corrected chi connectivity index (χ1v) is 6.17. The molecule has 2 nitrogen and oxygen atoms in total. The summed E-state index contributed by atoms with van der Waals surface area (Å²) in [7, 11) is 0. The molecular weight excluding hydrogens is 244 g/mol. The molecule has 0 fully saturated rings. The molecule has 0 atom stereocenters. The zero-order chi connectivity index (χ0) is 12.1. The zero-order valence-electron chi connectivity index (χ0n) is 9.44. The Morgan fingerprint density at radius 1 is 0.889 bits per heavy atom. The average molecular weight is 253 g/mol. The molecular formula is C15H9ClN2. The van der Waals surface area contributed by atoms with E-state index in [-0.39, 0.29) is 0 Å². The van der Waals surface area contributed by atoms with E-state index in [1.807, 2.05) is 42.5 Å². The number of aromatic nitrogens is 2. The Balaban J connectivity index is 2.31. The second-order valence-electron chi connectivity index (χ2n) is 4.34. The number of hydrogen-bond acceptors (Lipinski definition) is 1. The summed E-state index contributed by atoms with van der Waals surface area (Å²) in [6.07, 6.45) is 0. The van der Waals surface area contributed by atoms with Gasteiger partial charge in [0, 0.05) is 21.9 Å². The molecule has 4 rings (SSSR count). The van der Waals surface area contributed by atoms with Crippen molar-refractivity contribution < 1.29 is 0 Å². The number of halogens is 1. The van der Waals surface area contributed by atoms with E-state index in [1.165, 1.54) is 0 Å². The smallest absolute Gasteiger partial charge is 0.140 e. The highest BCUT2D eigenvalue weighted by molar-refractivity contribution is 6.39. The lowest BCUT2D eigenvalue weighted by Gasteiger charge is -2.07. The quantitative estimate of drug-likeness (QED) is 0.491. The first-order valence-electron chi connectivity index (χ1n) is 5.79. The second kappa shape index (κ2) is 3.47. The van der Waals surface area contributed by atoms with Gasteiger partial charge in [0.15, 0.2) is 0 Å². The number of fused-ring (bicyclic) bond motifs is 4. The maximum atomic E-state index is 6.53. The standard InChI is InChI=1S/C15H9ClN2/c16-14-10-6-2-4-8-12(10)18-15-13(14)9-5-1-3-7-11(9)17-15/h1-8H,(H,17,18). The number of H-pyrrole nitrogens is 1. The van der Waals surface area contributed by atoms with Crippen LogP contribution in [-0.4, -0.2) is 9.97 Å². The van der Waals surface area contributed by atoms with E-state index in [2.05, 4.69) is 16.0 Å². The molecule has 18 heavy (non-hydrogen) atoms. The monoisotopic (exact) mass is 252 g/mol. The first kappa shape index (κ1) is 9.92. The van der Waals surface area contributed by atoms with Crippen LogP contribution in [-0.2, 0) is 0 Å². The fourth-order valence-electron chi connectivity index (χ4n) is 2.44. The summed E-state index contributed by atoms with van der Waals surface area (Å²) in [6.45, 7) is 0. The Labute approximate surface area is 109 Å². The van der Waals surface area contributed by atoms with E-state index in [0.717, 1.165) is 38.2 Å². The number of aromatic amines is 1. The molecule has 2 aliphatic rings. The van der Waals surface area contributed by atoms with Gasteiger partial charge in [-0.2, -0.15) is 0 Å². The summed E-state index contributed by atoms with van der Waals surface area (Å²) >= 11 is 6.53. The zero-order valence-corrected chi connectivity index (χ0v) is 10.2. The topological polar surface area (TPSA) is 28.7 Å². The first-order chi connectivity index (χ1) is 8.84. The summed E-state index contributed by atoms with van der Waals surface area (Å²) in [5.41, 5.74) is 2.99. The summed E-state index contributed by atoms with van der Waals surface area (Å²) < 4.78 is 0. The third-order valence-corrected chi connectivity index (χ3v) is 3.67. The Morgan fingerprint density at radius 3 is 2.50 bits per heavy atom. The highest BCUT2D eigenvalue weighted by Gasteiger charge is 2.17. The van der Waals surface area contributed by atoms with Crippen LogP contribution in [0.15, 0.2) is 48.5 Å². The van der Waals surface area contributed by atoms with E-state index in [4.69, 9.17) is 11.6 Å². The number of nitrogens with one attached hydrogen (secondary N) is 1. The number of hydrogen-bond donors (Lipinski definition) is 1. The van der Waals surface area contributed by atoms with Crippen molar-refractivity contribution >= 4 is 33.4 Å². The molecule has 2 aliphatic heterocycles. The number of benzene rings is 2. The Kier molecular flexibility index (Phi) is 1.91. The fourth-order valence-corrected chi connectivity index (χ4v) is 2.80.